The monoisotopic (exact) mass is 396 g/mol. The molecule has 0 saturated heterocycles. The Morgan fingerprint density at radius 3 is 2.57 bits per heavy atom. The molecule has 0 saturated carbocycles. The van der Waals surface area contributed by atoms with E-state index in [1.54, 1.807) is 43.5 Å². The van der Waals surface area contributed by atoms with Gasteiger partial charge in [0, 0.05) is 0 Å². The summed E-state index contributed by atoms with van der Waals surface area (Å²) in [7, 11) is 1.59. The molecule has 0 radical (unpaired) electrons. The Labute approximate surface area is 135 Å². The van der Waals surface area contributed by atoms with E-state index in [1.807, 2.05) is 6.07 Å². The van der Waals surface area contributed by atoms with E-state index in [2.05, 4.69) is 22.6 Å². The predicted octanol–water partition coefficient (Wildman–Crippen LogP) is 2.98. The lowest BCUT2D eigenvalue weighted by Crippen LogP contribution is -2.36. The van der Waals surface area contributed by atoms with E-state index in [1.165, 1.54) is 0 Å². The van der Waals surface area contributed by atoms with Gasteiger partial charge in [0.15, 0.2) is 18.0 Å². The molecule has 1 heterocycles. The Kier molecular flexibility index (Phi) is 3.86. The number of aliphatic hydroxyl groups is 1. The summed E-state index contributed by atoms with van der Waals surface area (Å²) in [6.07, 6.45) is -1.91. The second kappa shape index (κ2) is 5.65. The van der Waals surface area contributed by atoms with Crippen LogP contribution in [0.4, 0.5) is 0 Å². The number of hydrogen-bond acceptors (Lipinski definition) is 4. The van der Waals surface area contributed by atoms with Gasteiger partial charge in [-0.1, -0.05) is 18.2 Å². The summed E-state index contributed by atoms with van der Waals surface area (Å²) < 4.78 is 11.8. The van der Waals surface area contributed by atoms with E-state index in [0.29, 0.717) is 17.1 Å². The zero-order valence-electron chi connectivity index (χ0n) is 11.2. The molecule has 0 amide bonds. The van der Waals surface area contributed by atoms with Crippen molar-refractivity contribution in [1.82, 2.24) is 0 Å². The van der Waals surface area contributed by atoms with Gasteiger partial charge < -0.3 is 14.6 Å². The Bertz CT molecular complexity index is 681. The van der Waals surface area contributed by atoms with Crippen LogP contribution in [0, 0.1) is 3.57 Å². The second-order valence-corrected chi connectivity index (χ2v) is 5.90. The number of Topliss-reactive ketones (excluding diaryl/α,β-unsaturated/α-hetero) is 1. The van der Waals surface area contributed by atoms with Crippen molar-refractivity contribution < 1.29 is 19.4 Å². The van der Waals surface area contributed by atoms with Crippen LogP contribution in [0.15, 0.2) is 42.5 Å². The molecular formula is C16H13IO4. The number of benzene rings is 2. The number of ketones is 1. The summed E-state index contributed by atoms with van der Waals surface area (Å²) >= 11 is 2.12. The summed E-state index contributed by atoms with van der Waals surface area (Å²) in [6, 6.07) is 12.5. The third-order valence-electron chi connectivity index (χ3n) is 3.48. The van der Waals surface area contributed by atoms with Crippen LogP contribution in [0.3, 0.4) is 0 Å². The highest BCUT2D eigenvalue weighted by Gasteiger charge is 2.37. The molecule has 0 spiro atoms. The number of ether oxygens (including phenoxy) is 2. The van der Waals surface area contributed by atoms with Gasteiger partial charge in [-0.15, -0.1) is 0 Å². The molecule has 1 N–H and O–H groups in total. The number of rotatable bonds is 2. The van der Waals surface area contributed by atoms with Crippen molar-refractivity contribution in [2.45, 2.75) is 12.2 Å². The molecule has 0 aliphatic carbocycles. The van der Waals surface area contributed by atoms with Crippen molar-refractivity contribution in [3.8, 4) is 11.5 Å². The summed E-state index contributed by atoms with van der Waals surface area (Å²) in [4.78, 5) is 12.3. The summed E-state index contributed by atoms with van der Waals surface area (Å²) in [5.74, 6) is 0.940. The van der Waals surface area contributed by atoms with Gasteiger partial charge in [0.1, 0.15) is 11.5 Å². The van der Waals surface area contributed by atoms with Crippen molar-refractivity contribution in [1.29, 1.82) is 0 Å². The number of carbonyl (C=O) groups is 1. The van der Waals surface area contributed by atoms with Crippen LogP contribution in [0.2, 0.25) is 0 Å². The van der Waals surface area contributed by atoms with E-state index in [4.69, 9.17) is 9.47 Å². The lowest BCUT2D eigenvalue weighted by molar-refractivity contribution is 0.0212. The van der Waals surface area contributed by atoms with Crippen molar-refractivity contribution >= 4 is 28.4 Å². The molecule has 0 bridgehead atoms. The molecule has 1 aliphatic heterocycles. The van der Waals surface area contributed by atoms with Gasteiger partial charge in [-0.3, -0.25) is 4.79 Å². The van der Waals surface area contributed by atoms with E-state index in [9.17, 15) is 9.90 Å². The van der Waals surface area contributed by atoms with E-state index in [-0.39, 0.29) is 5.78 Å². The average Bonchev–Trinajstić information content (AvgIpc) is 2.51. The first-order chi connectivity index (χ1) is 10.1. The van der Waals surface area contributed by atoms with Crippen LogP contribution < -0.4 is 9.47 Å². The number of fused-ring (bicyclic) bond motifs is 1. The first-order valence-electron chi connectivity index (χ1n) is 6.43. The topological polar surface area (TPSA) is 55.8 Å². The third kappa shape index (κ3) is 2.51. The predicted molar refractivity (Wildman–Crippen MR) is 85.9 cm³/mol. The number of aliphatic hydroxyl groups excluding tert-OH is 1. The molecule has 3 rings (SSSR count). The van der Waals surface area contributed by atoms with Gasteiger partial charge in [0.25, 0.3) is 0 Å². The van der Waals surface area contributed by atoms with E-state index in [0.717, 1.165) is 9.13 Å². The Hall–Kier alpha value is -1.60. The number of methoxy groups -OCH3 is 1. The van der Waals surface area contributed by atoms with Gasteiger partial charge in [0.05, 0.1) is 16.2 Å². The molecule has 2 atom stereocenters. The maximum absolute atomic E-state index is 12.3. The average molecular weight is 396 g/mol. The molecule has 2 aromatic rings. The number of carbonyl (C=O) groups excluding carboxylic acids is 1. The largest absolute Gasteiger partial charge is 0.497 e. The van der Waals surface area contributed by atoms with E-state index >= 15 is 0 Å². The van der Waals surface area contributed by atoms with E-state index < -0.39 is 12.2 Å². The number of halogens is 1. The molecule has 0 unspecified atom stereocenters. The number of hydrogen-bond donors (Lipinski definition) is 1. The summed E-state index contributed by atoms with van der Waals surface area (Å²) in [5, 5.41) is 10.2. The van der Waals surface area contributed by atoms with Crippen molar-refractivity contribution in [3.63, 3.8) is 0 Å². The zero-order valence-corrected chi connectivity index (χ0v) is 13.4. The minimum Gasteiger partial charge on any atom is -0.497 e. The molecule has 0 fully saturated rings. The molecule has 0 aromatic heterocycles. The van der Waals surface area contributed by atoms with Gasteiger partial charge in [-0.25, -0.2) is 0 Å². The Morgan fingerprint density at radius 1 is 1.19 bits per heavy atom. The maximum Gasteiger partial charge on any atom is 0.199 e. The van der Waals surface area contributed by atoms with Crippen LogP contribution >= 0.6 is 22.6 Å². The van der Waals surface area contributed by atoms with Crippen molar-refractivity contribution in [2.24, 2.45) is 0 Å². The SMILES string of the molecule is COc1ccc([C@H]2Oc3c(I)cccc3C(=O)[C@H]2O)cc1. The zero-order chi connectivity index (χ0) is 15.0. The lowest BCUT2D eigenvalue weighted by atomic mass is 9.93. The van der Waals surface area contributed by atoms with Crippen LogP contribution in [-0.2, 0) is 0 Å². The van der Waals surface area contributed by atoms with Crippen LogP contribution in [0.25, 0.3) is 0 Å². The van der Waals surface area contributed by atoms with Crippen LogP contribution in [0.1, 0.15) is 22.0 Å². The van der Waals surface area contributed by atoms with Gasteiger partial charge >= 0.3 is 0 Å². The third-order valence-corrected chi connectivity index (χ3v) is 4.33. The lowest BCUT2D eigenvalue weighted by Gasteiger charge is -2.30. The first-order valence-corrected chi connectivity index (χ1v) is 7.51. The first kappa shape index (κ1) is 14.3. The van der Waals surface area contributed by atoms with Crippen LogP contribution in [0.5, 0.6) is 11.5 Å². The van der Waals surface area contributed by atoms with Gasteiger partial charge in [0.2, 0.25) is 0 Å². The fourth-order valence-corrected chi connectivity index (χ4v) is 2.98. The smallest absolute Gasteiger partial charge is 0.199 e. The highest BCUT2D eigenvalue weighted by atomic mass is 127. The maximum atomic E-state index is 12.3. The molecule has 5 heteroatoms. The van der Waals surface area contributed by atoms with Crippen molar-refractivity contribution in [3.05, 3.63) is 57.2 Å². The highest BCUT2D eigenvalue weighted by Crippen LogP contribution is 2.38. The fraction of sp³-hybridized carbons (Fsp3) is 0.188. The fourth-order valence-electron chi connectivity index (χ4n) is 2.35. The number of para-hydroxylation sites is 1. The van der Waals surface area contributed by atoms with Crippen LogP contribution in [-0.4, -0.2) is 24.1 Å². The molecule has 1 aliphatic rings. The standard InChI is InChI=1S/C16H13IO4/c1-20-10-7-5-9(6-8-10)15-14(19)13(18)11-3-2-4-12(17)16(11)21-15/h2-8,14-15,19H,1H3/t14-,15-/m1/s1. The Balaban J connectivity index is 2.01. The minimum absolute atomic E-state index is 0.310. The van der Waals surface area contributed by atoms with Crippen molar-refractivity contribution in [2.75, 3.05) is 7.11 Å². The minimum atomic E-state index is -1.20. The highest BCUT2D eigenvalue weighted by molar-refractivity contribution is 14.1. The molecule has 4 nitrogen and oxygen atoms in total. The quantitative estimate of drug-likeness (QED) is 0.794. The normalized spacial score (nSPS) is 20.6. The van der Waals surface area contributed by atoms with Gasteiger partial charge in [-0.2, -0.15) is 0 Å². The summed E-state index contributed by atoms with van der Waals surface area (Å²) in [6.45, 7) is 0. The van der Waals surface area contributed by atoms with Gasteiger partial charge in [-0.05, 0) is 52.4 Å². The molecule has 2 aromatic carbocycles. The molecule has 21 heavy (non-hydrogen) atoms. The molecule has 108 valence electrons. The Morgan fingerprint density at radius 2 is 1.90 bits per heavy atom. The second-order valence-electron chi connectivity index (χ2n) is 4.74. The molecular weight excluding hydrogens is 383 g/mol. The summed E-state index contributed by atoms with van der Waals surface area (Å²) in [5.41, 5.74) is 1.17.